The van der Waals surface area contributed by atoms with E-state index in [0.29, 0.717) is 23.4 Å². The fourth-order valence-electron chi connectivity index (χ4n) is 3.88. The van der Waals surface area contributed by atoms with Crippen LogP contribution in [0, 0.1) is 17.3 Å². The third-order valence-electron chi connectivity index (χ3n) is 5.49. The summed E-state index contributed by atoms with van der Waals surface area (Å²) in [6.45, 7) is 9.82. The number of hydrogen-bond donors (Lipinski definition) is 1. The highest BCUT2D eigenvalue weighted by Crippen LogP contribution is 2.41. The maximum absolute atomic E-state index is 6.03. The number of hydrogen-bond acceptors (Lipinski definition) is 3. The molecule has 0 spiro atoms. The Hall–Kier alpha value is -0.120. The van der Waals surface area contributed by atoms with Gasteiger partial charge in [-0.05, 0) is 56.5 Å². The summed E-state index contributed by atoms with van der Waals surface area (Å²) in [6, 6.07) is 1.26. The molecule has 0 radical (unpaired) electrons. The Bertz CT molecular complexity index is 281. The molecule has 112 valence electrons. The standard InChI is InChI=1S/C16H32N2O/c1-16(2,3)13-6-5-12(10-17)15(9-13)18(4)14-7-8-19-11-14/h12-15H,5-11,17H2,1-4H3. The molecule has 2 fully saturated rings. The minimum Gasteiger partial charge on any atom is -0.380 e. The van der Waals surface area contributed by atoms with Crippen molar-refractivity contribution in [1.29, 1.82) is 0 Å². The molecule has 4 atom stereocenters. The average Bonchev–Trinajstić information content (AvgIpc) is 2.90. The van der Waals surface area contributed by atoms with E-state index in [1.54, 1.807) is 0 Å². The van der Waals surface area contributed by atoms with Crippen molar-refractivity contribution in [3.63, 3.8) is 0 Å². The highest BCUT2D eigenvalue weighted by atomic mass is 16.5. The SMILES string of the molecule is CN(C1CCOC1)C1CC(C(C)(C)C)CCC1CN. The summed E-state index contributed by atoms with van der Waals surface area (Å²) in [5.41, 5.74) is 6.45. The van der Waals surface area contributed by atoms with Gasteiger partial charge in [0.15, 0.2) is 0 Å². The van der Waals surface area contributed by atoms with Crippen molar-refractivity contribution < 1.29 is 4.74 Å². The smallest absolute Gasteiger partial charge is 0.0622 e. The molecule has 0 aromatic rings. The second-order valence-corrected chi connectivity index (χ2v) is 7.62. The Labute approximate surface area is 118 Å². The molecule has 2 rings (SSSR count). The first-order valence-electron chi connectivity index (χ1n) is 7.93. The van der Waals surface area contributed by atoms with Gasteiger partial charge in [0.25, 0.3) is 0 Å². The van der Waals surface area contributed by atoms with E-state index < -0.39 is 0 Å². The molecule has 19 heavy (non-hydrogen) atoms. The summed E-state index contributed by atoms with van der Waals surface area (Å²) in [5, 5.41) is 0. The van der Waals surface area contributed by atoms with Crippen LogP contribution in [0.2, 0.25) is 0 Å². The van der Waals surface area contributed by atoms with E-state index in [1.807, 2.05) is 0 Å². The Morgan fingerprint density at radius 3 is 2.47 bits per heavy atom. The van der Waals surface area contributed by atoms with Crippen molar-refractivity contribution in [1.82, 2.24) is 4.90 Å². The highest BCUT2D eigenvalue weighted by molar-refractivity contribution is 4.92. The summed E-state index contributed by atoms with van der Waals surface area (Å²) in [4.78, 5) is 2.59. The van der Waals surface area contributed by atoms with Crippen molar-refractivity contribution in [2.75, 3.05) is 26.8 Å². The summed E-state index contributed by atoms with van der Waals surface area (Å²) < 4.78 is 5.56. The van der Waals surface area contributed by atoms with Gasteiger partial charge in [0, 0.05) is 18.7 Å². The summed E-state index contributed by atoms with van der Waals surface area (Å²) in [5.74, 6) is 1.49. The molecule has 2 aliphatic rings. The van der Waals surface area contributed by atoms with Crippen LogP contribution < -0.4 is 5.73 Å². The molecule has 0 amide bonds. The molecular formula is C16H32N2O. The van der Waals surface area contributed by atoms with Crippen LogP contribution in [-0.4, -0.2) is 43.8 Å². The van der Waals surface area contributed by atoms with E-state index in [0.717, 1.165) is 25.7 Å². The van der Waals surface area contributed by atoms with Crippen LogP contribution in [0.1, 0.15) is 46.5 Å². The Balaban J connectivity index is 2.04. The van der Waals surface area contributed by atoms with Crippen molar-refractivity contribution in [3.8, 4) is 0 Å². The van der Waals surface area contributed by atoms with E-state index in [4.69, 9.17) is 10.5 Å². The Morgan fingerprint density at radius 1 is 1.21 bits per heavy atom. The molecule has 1 heterocycles. The van der Waals surface area contributed by atoms with Crippen LogP contribution in [0.25, 0.3) is 0 Å². The number of likely N-dealkylation sites (N-methyl/N-ethyl adjacent to an activating group) is 1. The topological polar surface area (TPSA) is 38.5 Å². The molecule has 0 aromatic carbocycles. The molecule has 0 bridgehead atoms. The Morgan fingerprint density at radius 2 is 1.95 bits per heavy atom. The second kappa shape index (κ2) is 6.11. The molecule has 0 aromatic heterocycles. The molecule has 1 aliphatic carbocycles. The fraction of sp³-hybridized carbons (Fsp3) is 1.00. The maximum atomic E-state index is 6.03. The van der Waals surface area contributed by atoms with E-state index in [-0.39, 0.29) is 0 Å². The minimum absolute atomic E-state index is 0.421. The van der Waals surface area contributed by atoms with E-state index >= 15 is 0 Å². The summed E-state index contributed by atoms with van der Waals surface area (Å²) in [7, 11) is 2.29. The fourth-order valence-corrected chi connectivity index (χ4v) is 3.88. The number of ether oxygens (including phenoxy) is 1. The molecule has 2 N–H and O–H groups in total. The quantitative estimate of drug-likeness (QED) is 0.854. The molecule has 3 heteroatoms. The predicted molar refractivity (Wildman–Crippen MR) is 80.1 cm³/mol. The van der Waals surface area contributed by atoms with Crippen LogP contribution >= 0.6 is 0 Å². The van der Waals surface area contributed by atoms with E-state index in [2.05, 4.69) is 32.7 Å². The molecule has 3 nitrogen and oxygen atoms in total. The van der Waals surface area contributed by atoms with Gasteiger partial charge in [-0.3, -0.25) is 4.90 Å². The Kier molecular flexibility index (Phi) is 4.91. The lowest BCUT2D eigenvalue weighted by Crippen LogP contribution is -2.50. The zero-order chi connectivity index (χ0) is 14.0. The molecule has 1 saturated heterocycles. The number of nitrogens with two attached hydrogens (primary N) is 1. The van der Waals surface area contributed by atoms with Gasteiger partial charge in [0.05, 0.1) is 6.61 Å². The first-order chi connectivity index (χ1) is 8.93. The van der Waals surface area contributed by atoms with Crippen LogP contribution in [-0.2, 0) is 4.74 Å². The summed E-state index contributed by atoms with van der Waals surface area (Å²) >= 11 is 0. The van der Waals surface area contributed by atoms with Gasteiger partial charge in [0.1, 0.15) is 0 Å². The third-order valence-corrected chi connectivity index (χ3v) is 5.49. The molecule has 1 aliphatic heterocycles. The number of rotatable bonds is 3. The molecular weight excluding hydrogens is 236 g/mol. The molecule has 4 unspecified atom stereocenters. The van der Waals surface area contributed by atoms with Gasteiger partial charge in [-0.1, -0.05) is 20.8 Å². The van der Waals surface area contributed by atoms with E-state index in [1.165, 1.54) is 25.7 Å². The monoisotopic (exact) mass is 268 g/mol. The van der Waals surface area contributed by atoms with Crippen LogP contribution in [0.3, 0.4) is 0 Å². The van der Waals surface area contributed by atoms with Gasteiger partial charge in [0.2, 0.25) is 0 Å². The van der Waals surface area contributed by atoms with Crippen molar-refractivity contribution >= 4 is 0 Å². The third kappa shape index (κ3) is 3.50. The van der Waals surface area contributed by atoms with Crippen molar-refractivity contribution in [3.05, 3.63) is 0 Å². The normalized spacial score (nSPS) is 36.9. The maximum Gasteiger partial charge on any atom is 0.0622 e. The van der Waals surface area contributed by atoms with Gasteiger partial charge >= 0.3 is 0 Å². The van der Waals surface area contributed by atoms with Gasteiger partial charge in [-0.25, -0.2) is 0 Å². The zero-order valence-electron chi connectivity index (χ0n) is 13.2. The van der Waals surface area contributed by atoms with Crippen molar-refractivity contribution in [2.24, 2.45) is 23.0 Å². The number of nitrogens with zero attached hydrogens (tertiary/aromatic N) is 1. The van der Waals surface area contributed by atoms with Crippen LogP contribution in [0.5, 0.6) is 0 Å². The zero-order valence-corrected chi connectivity index (χ0v) is 13.2. The highest BCUT2D eigenvalue weighted by Gasteiger charge is 2.39. The first-order valence-corrected chi connectivity index (χ1v) is 7.93. The molecule has 1 saturated carbocycles. The lowest BCUT2D eigenvalue weighted by atomic mass is 9.67. The van der Waals surface area contributed by atoms with Gasteiger partial charge < -0.3 is 10.5 Å². The largest absolute Gasteiger partial charge is 0.380 e. The van der Waals surface area contributed by atoms with Crippen LogP contribution in [0.15, 0.2) is 0 Å². The van der Waals surface area contributed by atoms with Crippen molar-refractivity contribution in [2.45, 2.75) is 58.5 Å². The van der Waals surface area contributed by atoms with Gasteiger partial charge in [-0.2, -0.15) is 0 Å². The van der Waals surface area contributed by atoms with Crippen LogP contribution in [0.4, 0.5) is 0 Å². The lowest BCUT2D eigenvalue weighted by molar-refractivity contribution is 0.0332. The predicted octanol–water partition coefficient (Wildman–Crippen LogP) is 2.50. The lowest BCUT2D eigenvalue weighted by Gasteiger charge is -2.46. The first kappa shape index (κ1) is 15.3. The average molecular weight is 268 g/mol. The summed E-state index contributed by atoms with van der Waals surface area (Å²) in [6.07, 6.45) is 5.13. The van der Waals surface area contributed by atoms with E-state index in [9.17, 15) is 0 Å². The minimum atomic E-state index is 0.421. The second-order valence-electron chi connectivity index (χ2n) is 7.62. The van der Waals surface area contributed by atoms with Gasteiger partial charge in [-0.15, -0.1) is 0 Å².